The van der Waals surface area contributed by atoms with E-state index in [1.807, 2.05) is 0 Å². The second-order valence-electron chi connectivity index (χ2n) is 3.63. The summed E-state index contributed by atoms with van der Waals surface area (Å²) in [5.74, 6) is 0.976. The number of benzene rings is 1. The molecule has 16 heavy (non-hydrogen) atoms. The fraction of sp³-hybridized carbons (Fsp3) is 0.364. The van der Waals surface area contributed by atoms with E-state index in [2.05, 4.69) is 5.32 Å². The van der Waals surface area contributed by atoms with Gasteiger partial charge in [-0.05, 0) is 6.07 Å². The minimum absolute atomic E-state index is 0.166. The normalized spacial score (nSPS) is 14.1. The number of amides is 1. The Kier molecular flexibility index (Phi) is 2.85. The molecule has 5 nitrogen and oxygen atoms in total. The molecule has 1 aromatic carbocycles. The van der Waals surface area contributed by atoms with Crippen LogP contribution in [0.15, 0.2) is 12.1 Å². The molecule has 0 aromatic heterocycles. The molecule has 1 heterocycles. The average Bonchev–Trinajstić information content (AvgIpc) is 2.41. The number of nitrogen functional groups attached to an aromatic ring is 1. The highest BCUT2D eigenvalue weighted by Crippen LogP contribution is 2.39. The van der Waals surface area contributed by atoms with Gasteiger partial charge in [0.15, 0.2) is 11.5 Å². The Labute approximate surface area is 93.5 Å². The van der Waals surface area contributed by atoms with Crippen molar-refractivity contribution >= 4 is 17.3 Å². The Morgan fingerprint density at radius 3 is 2.88 bits per heavy atom. The van der Waals surface area contributed by atoms with Gasteiger partial charge in [0.2, 0.25) is 5.91 Å². The lowest BCUT2D eigenvalue weighted by Crippen LogP contribution is -2.08. The van der Waals surface area contributed by atoms with Crippen molar-refractivity contribution in [1.29, 1.82) is 0 Å². The number of carbonyl (C=O) groups excluding carboxylic acids is 1. The van der Waals surface area contributed by atoms with Crippen molar-refractivity contribution in [1.82, 2.24) is 0 Å². The van der Waals surface area contributed by atoms with Gasteiger partial charge in [-0.2, -0.15) is 0 Å². The van der Waals surface area contributed by atoms with Crippen LogP contribution >= 0.6 is 0 Å². The first kappa shape index (κ1) is 10.6. The third-order valence-electron chi connectivity index (χ3n) is 2.18. The van der Waals surface area contributed by atoms with Crippen LogP contribution in [0.1, 0.15) is 13.3 Å². The monoisotopic (exact) mass is 222 g/mol. The van der Waals surface area contributed by atoms with E-state index in [0.717, 1.165) is 6.42 Å². The summed E-state index contributed by atoms with van der Waals surface area (Å²) in [7, 11) is 0. The Bertz CT molecular complexity index is 418. The van der Waals surface area contributed by atoms with Crippen LogP contribution in [0, 0.1) is 0 Å². The van der Waals surface area contributed by atoms with E-state index in [4.69, 9.17) is 15.2 Å². The summed E-state index contributed by atoms with van der Waals surface area (Å²) >= 11 is 0. The maximum absolute atomic E-state index is 11.0. The molecule has 0 spiro atoms. The van der Waals surface area contributed by atoms with Gasteiger partial charge in [0.1, 0.15) is 0 Å². The molecule has 0 saturated heterocycles. The summed E-state index contributed by atoms with van der Waals surface area (Å²) in [6, 6.07) is 3.36. The molecule has 0 fully saturated rings. The van der Waals surface area contributed by atoms with Gasteiger partial charge in [-0.15, -0.1) is 0 Å². The molecule has 0 bridgehead atoms. The Hall–Kier alpha value is -1.91. The molecular weight excluding hydrogens is 208 g/mol. The quantitative estimate of drug-likeness (QED) is 0.704. The second kappa shape index (κ2) is 4.30. The highest BCUT2D eigenvalue weighted by Gasteiger charge is 2.16. The molecule has 1 amide bonds. The van der Waals surface area contributed by atoms with Crippen LogP contribution in [0.5, 0.6) is 11.5 Å². The van der Waals surface area contributed by atoms with Crippen molar-refractivity contribution in [3.63, 3.8) is 0 Å². The summed E-state index contributed by atoms with van der Waals surface area (Å²) in [6.07, 6.45) is 0.814. The largest absolute Gasteiger partial charge is 0.489 e. The van der Waals surface area contributed by atoms with Crippen LogP contribution in [-0.2, 0) is 4.79 Å². The van der Waals surface area contributed by atoms with Gasteiger partial charge in [-0.25, -0.2) is 0 Å². The number of fused-ring (bicyclic) bond motifs is 1. The summed E-state index contributed by atoms with van der Waals surface area (Å²) in [5.41, 5.74) is 6.82. The van der Waals surface area contributed by atoms with E-state index in [9.17, 15) is 4.79 Å². The summed E-state index contributed by atoms with van der Waals surface area (Å²) < 4.78 is 11.0. The lowest BCUT2D eigenvalue weighted by molar-refractivity contribution is -0.114. The highest BCUT2D eigenvalue weighted by molar-refractivity contribution is 5.92. The number of carbonyl (C=O) groups is 1. The van der Waals surface area contributed by atoms with Crippen LogP contribution < -0.4 is 20.5 Å². The van der Waals surface area contributed by atoms with Crippen molar-refractivity contribution in [2.24, 2.45) is 0 Å². The molecule has 0 unspecified atom stereocenters. The number of nitrogens with two attached hydrogens (primary N) is 1. The zero-order chi connectivity index (χ0) is 11.5. The van der Waals surface area contributed by atoms with Crippen LogP contribution in [-0.4, -0.2) is 19.1 Å². The first-order valence-electron chi connectivity index (χ1n) is 5.13. The van der Waals surface area contributed by atoms with Crippen molar-refractivity contribution < 1.29 is 14.3 Å². The third kappa shape index (κ3) is 2.18. The van der Waals surface area contributed by atoms with Gasteiger partial charge >= 0.3 is 0 Å². The van der Waals surface area contributed by atoms with Crippen molar-refractivity contribution in [2.75, 3.05) is 24.3 Å². The fourth-order valence-corrected chi connectivity index (χ4v) is 1.58. The van der Waals surface area contributed by atoms with Gasteiger partial charge in [-0.3, -0.25) is 4.79 Å². The molecule has 86 valence electrons. The number of nitrogens with one attached hydrogen (secondary N) is 1. The van der Waals surface area contributed by atoms with E-state index in [-0.39, 0.29) is 5.91 Å². The number of ether oxygens (including phenoxy) is 2. The van der Waals surface area contributed by atoms with E-state index in [1.54, 1.807) is 12.1 Å². The molecule has 0 aliphatic carbocycles. The molecule has 2 rings (SSSR count). The zero-order valence-electron chi connectivity index (χ0n) is 9.08. The van der Waals surface area contributed by atoms with Gasteiger partial charge < -0.3 is 20.5 Å². The summed E-state index contributed by atoms with van der Waals surface area (Å²) in [4.78, 5) is 11.0. The van der Waals surface area contributed by atoms with Crippen LogP contribution in [0.4, 0.5) is 11.4 Å². The smallest absolute Gasteiger partial charge is 0.221 e. The van der Waals surface area contributed by atoms with E-state index in [0.29, 0.717) is 36.1 Å². The second-order valence-corrected chi connectivity index (χ2v) is 3.63. The highest BCUT2D eigenvalue weighted by atomic mass is 16.5. The van der Waals surface area contributed by atoms with Crippen LogP contribution in [0.2, 0.25) is 0 Å². The number of rotatable bonds is 1. The predicted molar refractivity (Wildman–Crippen MR) is 60.8 cm³/mol. The Morgan fingerprint density at radius 1 is 1.38 bits per heavy atom. The minimum Gasteiger partial charge on any atom is -0.489 e. The molecule has 5 heteroatoms. The average molecular weight is 222 g/mol. The van der Waals surface area contributed by atoms with Crippen molar-refractivity contribution in [2.45, 2.75) is 13.3 Å². The maximum atomic E-state index is 11.0. The molecule has 1 aliphatic rings. The first-order valence-corrected chi connectivity index (χ1v) is 5.13. The molecular formula is C11H14N2O3. The van der Waals surface area contributed by atoms with E-state index in [1.165, 1.54) is 6.92 Å². The number of hydrogen-bond acceptors (Lipinski definition) is 4. The molecule has 1 aliphatic heterocycles. The third-order valence-corrected chi connectivity index (χ3v) is 2.18. The van der Waals surface area contributed by atoms with E-state index < -0.39 is 0 Å². The Balaban J connectivity index is 2.42. The van der Waals surface area contributed by atoms with Crippen molar-refractivity contribution in [3.05, 3.63) is 12.1 Å². The predicted octanol–water partition coefficient (Wildman–Crippen LogP) is 1.39. The van der Waals surface area contributed by atoms with Gasteiger partial charge in [0, 0.05) is 25.1 Å². The first-order chi connectivity index (χ1) is 7.66. The van der Waals surface area contributed by atoms with Gasteiger partial charge in [0.05, 0.1) is 18.9 Å². The SMILES string of the molecule is CC(=O)Nc1cc(N)cc2c1OCCCO2. The molecule has 3 N–H and O–H groups in total. The molecule has 1 aromatic rings. The number of hydrogen-bond donors (Lipinski definition) is 2. The fourth-order valence-electron chi connectivity index (χ4n) is 1.58. The topological polar surface area (TPSA) is 73.6 Å². The van der Waals surface area contributed by atoms with Gasteiger partial charge in [0.25, 0.3) is 0 Å². The van der Waals surface area contributed by atoms with Gasteiger partial charge in [-0.1, -0.05) is 0 Å². The standard InChI is InChI=1S/C11H14N2O3/c1-7(14)13-9-5-8(12)6-10-11(9)16-4-2-3-15-10/h5-6H,2-4,12H2,1H3,(H,13,14). The molecule has 0 saturated carbocycles. The van der Waals surface area contributed by atoms with Crippen LogP contribution in [0.25, 0.3) is 0 Å². The minimum atomic E-state index is -0.166. The lowest BCUT2D eigenvalue weighted by atomic mass is 10.2. The molecule has 0 atom stereocenters. The summed E-state index contributed by atoms with van der Waals surface area (Å²) in [5, 5.41) is 2.68. The van der Waals surface area contributed by atoms with Crippen molar-refractivity contribution in [3.8, 4) is 11.5 Å². The molecule has 0 radical (unpaired) electrons. The number of anilines is 2. The maximum Gasteiger partial charge on any atom is 0.221 e. The summed E-state index contributed by atoms with van der Waals surface area (Å²) in [6.45, 7) is 2.60. The zero-order valence-corrected chi connectivity index (χ0v) is 9.08. The Morgan fingerprint density at radius 2 is 2.12 bits per heavy atom. The van der Waals surface area contributed by atoms with Crippen LogP contribution in [0.3, 0.4) is 0 Å². The lowest BCUT2D eigenvalue weighted by Gasteiger charge is -2.13. The van der Waals surface area contributed by atoms with E-state index >= 15 is 0 Å².